The van der Waals surface area contributed by atoms with Crippen LogP contribution in [0, 0.1) is 11.3 Å². The van der Waals surface area contributed by atoms with Gasteiger partial charge in [-0.15, -0.1) is 0 Å². The average molecular weight is 390 g/mol. The van der Waals surface area contributed by atoms with E-state index >= 15 is 0 Å². The molecule has 0 saturated carbocycles. The number of anilines is 2. The summed E-state index contributed by atoms with van der Waals surface area (Å²) in [6.07, 6.45) is 6.63. The summed E-state index contributed by atoms with van der Waals surface area (Å²) in [7, 11) is 0. The van der Waals surface area contributed by atoms with E-state index in [1.54, 1.807) is 30.9 Å². The van der Waals surface area contributed by atoms with Gasteiger partial charge >= 0.3 is 0 Å². The first-order valence-corrected chi connectivity index (χ1v) is 9.73. The Hall–Kier alpha value is -4.24. The maximum atomic E-state index is 9.39. The fourth-order valence-corrected chi connectivity index (χ4v) is 3.86. The molecular weight excluding hydrogens is 372 g/mol. The molecule has 30 heavy (non-hydrogen) atoms. The largest absolute Gasteiger partial charge is 0.354 e. The molecule has 0 bridgehead atoms. The van der Waals surface area contributed by atoms with Crippen LogP contribution in [0.4, 0.5) is 11.4 Å². The van der Waals surface area contributed by atoms with Crippen molar-refractivity contribution in [1.29, 1.82) is 5.26 Å². The SMILES string of the molecule is CCn1c(-c2cc(Nc3ccncc3C#N)cc3nccnc23)cc2ccccc21. The third-order valence-electron chi connectivity index (χ3n) is 5.20. The second-order valence-electron chi connectivity index (χ2n) is 6.94. The molecule has 0 aliphatic carbocycles. The Morgan fingerprint density at radius 1 is 1.03 bits per heavy atom. The topological polar surface area (TPSA) is 79.4 Å². The van der Waals surface area contributed by atoms with Crippen molar-refractivity contribution in [2.24, 2.45) is 0 Å². The molecule has 3 heterocycles. The van der Waals surface area contributed by atoms with E-state index in [2.05, 4.69) is 74.2 Å². The fourth-order valence-electron chi connectivity index (χ4n) is 3.86. The molecule has 6 nitrogen and oxygen atoms in total. The molecule has 2 aromatic carbocycles. The summed E-state index contributed by atoms with van der Waals surface area (Å²) < 4.78 is 2.29. The van der Waals surface area contributed by atoms with E-state index < -0.39 is 0 Å². The van der Waals surface area contributed by atoms with Crippen molar-refractivity contribution < 1.29 is 0 Å². The van der Waals surface area contributed by atoms with E-state index in [-0.39, 0.29) is 0 Å². The van der Waals surface area contributed by atoms with Gasteiger partial charge < -0.3 is 9.88 Å². The Kier molecular flexibility index (Phi) is 4.34. The summed E-state index contributed by atoms with van der Waals surface area (Å²) in [5.74, 6) is 0. The quantitative estimate of drug-likeness (QED) is 0.451. The highest BCUT2D eigenvalue weighted by atomic mass is 15.0. The summed E-state index contributed by atoms with van der Waals surface area (Å²) >= 11 is 0. The van der Waals surface area contributed by atoms with Gasteiger partial charge in [-0.2, -0.15) is 5.26 Å². The Balaban J connectivity index is 1.74. The highest BCUT2D eigenvalue weighted by Gasteiger charge is 2.15. The van der Waals surface area contributed by atoms with E-state index in [1.807, 2.05) is 6.07 Å². The molecule has 1 N–H and O–H groups in total. The number of pyridine rings is 1. The number of para-hydroxylation sites is 1. The number of nitrogens with one attached hydrogen (secondary N) is 1. The highest BCUT2D eigenvalue weighted by Crippen LogP contribution is 2.35. The number of hydrogen-bond acceptors (Lipinski definition) is 5. The summed E-state index contributed by atoms with van der Waals surface area (Å²) in [5, 5.41) is 13.9. The Morgan fingerprint density at radius 3 is 2.77 bits per heavy atom. The van der Waals surface area contributed by atoms with Gasteiger partial charge in [0.05, 0.1) is 28.0 Å². The zero-order valence-corrected chi connectivity index (χ0v) is 16.4. The first kappa shape index (κ1) is 17.8. The zero-order chi connectivity index (χ0) is 20.5. The van der Waals surface area contributed by atoms with Crippen LogP contribution in [-0.2, 0) is 6.54 Å². The van der Waals surface area contributed by atoms with Crippen molar-refractivity contribution in [3.8, 4) is 17.3 Å². The lowest BCUT2D eigenvalue weighted by atomic mass is 10.1. The summed E-state index contributed by atoms with van der Waals surface area (Å²) in [6.45, 7) is 2.98. The monoisotopic (exact) mass is 390 g/mol. The molecular formula is C24H18N6. The predicted molar refractivity (Wildman–Crippen MR) is 118 cm³/mol. The second kappa shape index (κ2) is 7.30. The Bertz CT molecular complexity index is 1430. The van der Waals surface area contributed by atoms with Gasteiger partial charge in [-0.1, -0.05) is 18.2 Å². The van der Waals surface area contributed by atoms with Gasteiger partial charge in [-0.05, 0) is 37.3 Å². The molecule has 0 aliphatic heterocycles. The van der Waals surface area contributed by atoms with Crippen molar-refractivity contribution >= 4 is 33.3 Å². The molecule has 5 aromatic rings. The van der Waals surface area contributed by atoms with E-state index in [9.17, 15) is 5.26 Å². The van der Waals surface area contributed by atoms with E-state index in [4.69, 9.17) is 0 Å². The lowest BCUT2D eigenvalue weighted by molar-refractivity contribution is 0.806. The maximum Gasteiger partial charge on any atom is 0.103 e. The second-order valence-corrected chi connectivity index (χ2v) is 6.94. The normalized spacial score (nSPS) is 10.9. The van der Waals surface area contributed by atoms with E-state index in [0.717, 1.165) is 34.5 Å². The van der Waals surface area contributed by atoms with Crippen LogP contribution in [0.3, 0.4) is 0 Å². The van der Waals surface area contributed by atoms with Crippen LogP contribution < -0.4 is 5.32 Å². The first-order valence-electron chi connectivity index (χ1n) is 9.73. The number of rotatable bonds is 4. The number of benzene rings is 2. The average Bonchev–Trinajstić information content (AvgIpc) is 3.17. The molecule has 0 saturated heterocycles. The third-order valence-corrected chi connectivity index (χ3v) is 5.20. The molecule has 3 aromatic heterocycles. The van der Waals surface area contributed by atoms with Gasteiger partial charge in [-0.3, -0.25) is 15.0 Å². The molecule has 0 unspecified atom stereocenters. The minimum absolute atomic E-state index is 0.487. The smallest absolute Gasteiger partial charge is 0.103 e. The maximum absolute atomic E-state index is 9.39. The molecule has 0 spiro atoms. The van der Waals surface area contributed by atoms with Crippen LogP contribution >= 0.6 is 0 Å². The van der Waals surface area contributed by atoms with Crippen LogP contribution in [0.5, 0.6) is 0 Å². The molecule has 144 valence electrons. The number of nitriles is 1. The minimum atomic E-state index is 0.487. The predicted octanol–water partition coefficient (Wildman–Crippen LogP) is 5.28. The zero-order valence-electron chi connectivity index (χ0n) is 16.4. The number of aryl methyl sites for hydroxylation is 1. The number of nitrogens with zero attached hydrogens (tertiary/aromatic N) is 5. The van der Waals surface area contributed by atoms with Gasteiger partial charge in [0.25, 0.3) is 0 Å². The van der Waals surface area contributed by atoms with E-state index in [0.29, 0.717) is 11.3 Å². The number of fused-ring (bicyclic) bond motifs is 2. The van der Waals surface area contributed by atoms with Crippen molar-refractivity contribution in [3.05, 3.63) is 78.9 Å². The van der Waals surface area contributed by atoms with Gasteiger partial charge in [0, 0.05) is 53.5 Å². The molecule has 0 aliphatic rings. The highest BCUT2D eigenvalue weighted by molar-refractivity contribution is 5.98. The van der Waals surface area contributed by atoms with Gasteiger partial charge in [-0.25, -0.2) is 0 Å². The molecule has 5 rings (SSSR count). The number of hydrogen-bond donors (Lipinski definition) is 1. The van der Waals surface area contributed by atoms with Crippen molar-refractivity contribution in [3.63, 3.8) is 0 Å². The van der Waals surface area contributed by atoms with Gasteiger partial charge in [0.15, 0.2) is 0 Å². The first-order chi connectivity index (χ1) is 14.8. The molecule has 0 radical (unpaired) electrons. The molecule has 0 atom stereocenters. The van der Waals surface area contributed by atoms with Gasteiger partial charge in [0.2, 0.25) is 0 Å². The lowest BCUT2D eigenvalue weighted by Crippen LogP contribution is -2.00. The van der Waals surface area contributed by atoms with Crippen LogP contribution in [0.15, 0.2) is 73.3 Å². The van der Waals surface area contributed by atoms with Crippen molar-refractivity contribution in [1.82, 2.24) is 19.5 Å². The molecule has 6 heteroatoms. The van der Waals surface area contributed by atoms with Crippen LogP contribution in [0.25, 0.3) is 33.2 Å². The summed E-state index contributed by atoms with van der Waals surface area (Å²) in [5.41, 5.74) is 6.93. The van der Waals surface area contributed by atoms with Crippen molar-refractivity contribution in [2.45, 2.75) is 13.5 Å². The van der Waals surface area contributed by atoms with Crippen LogP contribution in [0.2, 0.25) is 0 Å². The summed E-state index contributed by atoms with van der Waals surface area (Å²) in [4.78, 5) is 13.2. The third kappa shape index (κ3) is 2.93. The van der Waals surface area contributed by atoms with Crippen LogP contribution in [0.1, 0.15) is 12.5 Å². The standard InChI is InChI=1S/C24H18N6/c1-2-30-22-6-4-3-5-16(22)11-23(30)19-12-18(13-21-24(19)28-10-9-27-21)29-20-7-8-26-15-17(20)14-25/h3-13,15H,2H2,1H3,(H,26,29). The summed E-state index contributed by atoms with van der Waals surface area (Å²) in [6, 6.07) is 18.5. The van der Waals surface area contributed by atoms with Crippen molar-refractivity contribution in [2.75, 3.05) is 5.32 Å². The Morgan fingerprint density at radius 2 is 1.90 bits per heavy atom. The minimum Gasteiger partial charge on any atom is -0.354 e. The number of aromatic nitrogens is 4. The molecule has 0 fully saturated rings. The van der Waals surface area contributed by atoms with E-state index in [1.165, 1.54) is 10.9 Å². The van der Waals surface area contributed by atoms with Gasteiger partial charge in [0.1, 0.15) is 6.07 Å². The lowest BCUT2D eigenvalue weighted by Gasteiger charge is -2.14. The fraction of sp³-hybridized carbons (Fsp3) is 0.0833. The van der Waals surface area contributed by atoms with Crippen LogP contribution in [-0.4, -0.2) is 19.5 Å². The molecule has 0 amide bonds. The Labute approximate surface area is 173 Å².